The van der Waals surface area contributed by atoms with E-state index in [-0.39, 0.29) is 36.7 Å². The second-order valence-corrected chi connectivity index (χ2v) is 12.7. The number of rotatable bonds is 12. The molecule has 2 heterocycles. The van der Waals surface area contributed by atoms with Crippen LogP contribution in [-0.4, -0.2) is 66.3 Å². The number of hydrogen-bond donors (Lipinski definition) is 3. The molecule has 47 heavy (non-hydrogen) atoms. The summed E-state index contributed by atoms with van der Waals surface area (Å²) in [6.45, 7) is 8.62. The molecule has 0 fully saturated rings. The summed E-state index contributed by atoms with van der Waals surface area (Å²) in [5, 5.41) is 22.5. The van der Waals surface area contributed by atoms with Crippen molar-refractivity contribution in [1.29, 1.82) is 0 Å². The minimum Gasteiger partial charge on any atom is -0.480 e. The number of fused-ring (bicyclic) bond motifs is 1. The van der Waals surface area contributed by atoms with Crippen molar-refractivity contribution in [1.82, 2.24) is 30.3 Å². The monoisotopic (exact) mass is 663 g/mol. The van der Waals surface area contributed by atoms with Crippen molar-refractivity contribution >= 4 is 46.2 Å². The number of nitrogens with one attached hydrogen (secondary N) is 2. The lowest BCUT2D eigenvalue weighted by atomic mass is 9.98. The number of thioether (sulfide) groups is 1. The number of carbonyl (C=O) groups excluding carboxylic acids is 2. The maximum Gasteiger partial charge on any atom is 0.327 e. The number of carboxylic acid groups (broad SMARTS) is 1. The highest BCUT2D eigenvalue weighted by Crippen LogP contribution is 2.24. The molecule has 15 heteroatoms. The van der Waals surface area contributed by atoms with E-state index in [4.69, 9.17) is 11.2 Å². The zero-order valence-electron chi connectivity index (χ0n) is 26.5. The first-order chi connectivity index (χ1) is 22.2. The van der Waals surface area contributed by atoms with E-state index in [0.717, 1.165) is 23.4 Å². The van der Waals surface area contributed by atoms with Crippen molar-refractivity contribution in [2.75, 3.05) is 17.2 Å². The van der Waals surface area contributed by atoms with Crippen molar-refractivity contribution in [3.63, 3.8) is 0 Å². The summed E-state index contributed by atoms with van der Waals surface area (Å²) >= 11 is 1.06. The number of hydrogen-bond acceptors (Lipinski definition) is 10. The lowest BCUT2D eigenvalue weighted by Gasteiger charge is -2.24. The number of nitrogens with zero attached hydrogens (tertiary/aromatic N) is 5. The quantitative estimate of drug-likeness (QED) is 0.115. The predicted octanol–water partition coefficient (Wildman–Crippen LogP) is 3.43. The van der Waals surface area contributed by atoms with Crippen LogP contribution in [0.4, 0.5) is 10.1 Å². The van der Waals surface area contributed by atoms with E-state index in [1.165, 1.54) is 22.9 Å². The van der Waals surface area contributed by atoms with Gasteiger partial charge in [-0.15, -0.1) is 23.3 Å². The van der Waals surface area contributed by atoms with Gasteiger partial charge in [-0.25, -0.2) is 14.2 Å². The molecule has 4 rings (SSSR count). The fourth-order valence-electron chi connectivity index (χ4n) is 4.47. The molecule has 3 N–H and O–H groups in total. The minimum absolute atomic E-state index is 0.0589. The van der Waals surface area contributed by atoms with Crippen LogP contribution in [0.1, 0.15) is 48.1 Å². The molecule has 4 aromatic rings. The minimum atomic E-state index is -1.31. The number of amides is 1. The maximum absolute atomic E-state index is 15.3. The van der Waals surface area contributed by atoms with Gasteiger partial charge in [-0.2, -0.15) is 10.3 Å². The molecular formula is C32H34FN7O6S. The largest absolute Gasteiger partial charge is 0.480 e. The SMILES string of the molecule is C#CCN(Cc1cc2c(=O)n(COC(=O)C(C)(C)C)c(C)nc2cc1C)c1ccc(C(=O)NC(CSc2cn[nH]n2)C(=O)O)c(F)c1. The number of ether oxygens (including phenoxy) is 1. The van der Waals surface area contributed by atoms with Crippen molar-refractivity contribution in [3.8, 4) is 12.3 Å². The molecule has 2 aromatic heterocycles. The zero-order valence-corrected chi connectivity index (χ0v) is 27.3. The van der Waals surface area contributed by atoms with E-state index >= 15 is 4.39 Å². The smallest absolute Gasteiger partial charge is 0.327 e. The summed E-state index contributed by atoms with van der Waals surface area (Å²) in [5.74, 6) is -0.655. The average molecular weight is 664 g/mol. The Morgan fingerprint density at radius 2 is 1.98 bits per heavy atom. The highest BCUT2D eigenvalue weighted by atomic mass is 32.2. The fourth-order valence-corrected chi connectivity index (χ4v) is 5.27. The third-order valence-corrected chi connectivity index (χ3v) is 8.13. The van der Waals surface area contributed by atoms with Crippen LogP contribution in [0, 0.1) is 37.4 Å². The van der Waals surface area contributed by atoms with E-state index in [0.29, 0.717) is 33.0 Å². The predicted molar refractivity (Wildman–Crippen MR) is 173 cm³/mol. The Morgan fingerprint density at radius 1 is 1.23 bits per heavy atom. The molecule has 0 saturated heterocycles. The van der Waals surface area contributed by atoms with Gasteiger partial charge in [0, 0.05) is 18.0 Å². The summed E-state index contributed by atoms with van der Waals surface area (Å²) in [6, 6.07) is 6.05. The van der Waals surface area contributed by atoms with Crippen molar-refractivity contribution in [2.24, 2.45) is 5.41 Å². The van der Waals surface area contributed by atoms with Crippen LogP contribution in [-0.2, 0) is 27.6 Å². The highest BCUT2D eigenvalue weighted by Gasteiger charge is 2.25. The van der Waals surface area contributed by atoms with Crippen molar-refractivity contribution in [2.45, 2.75) is 59.0 Å². The summed E-state index contributed by atoms with van der Waals surface area (Å²) in [4.78, 5) is 56.6. The number of carboxylic acids is 1. The standard InChI is InChI=1S/C32H34FN7O6S/c1-7-10-39(21-8-9-22(24(33)13-21)28(41)36-26(30(43)44)16-47-27-14-34-38-37-27)15-20-12-23-25(11-18(20)2)35-19(3)40(29(23)42)17-46-31(45)32(4,5)6/h1,8-9,11-14,26H,10,15-17H2,2-6H3,(H,36,41)(H,43,44)(H,34,37,38). The van der Waals surface area contributed by atoms with Crippen molar-refractivity contribution < 1.29 is 28.6 Å². The molecule has 1 unspecified atom stereocenters. The van der Waals surface area contributed by atoms with E-state index in [2.05, 4.69) is 31.6 Å². The first-order valence-corrected chi connectivity index (χ1v) is 15.4. The first kappa shape index (κ1) is 34.6. The number of anilines is 1. The average Bonchev–Trinajstić information content (AvgIpc) is 3.52. The number of aromatic nitrogens is 5. The molecule has 246 valence electrons. The zero-order chi connectivity index (χ0) is 34.5. The molecule has 0 bridgehead atoms. The molecule has 1 amide bonds. The van der Waals surface area contributed by atoms with Gasteiger partial charge in [-0.05, 0) is 76.1 Å². The molecular weight excluding hydrogens is 629 g/mol. The summed E-state index contributed by atoms with van der Waals surface area (Å²) in [7, 11) is 0. The van der Waals surface area contributed by atoms with Crippen LogP contribution >= 0.6 is 11.8 Å². The van der Waals surface area contributed by atoms with E-state index < -0.39 is 35.1 Å². The van der Waals surface area contributed by atoms with Crippen LogP contribution in [0.5, 0.6) is 0 Å². The first-order valence-electron chi connectivity index (χ1n) is 14.4. The number of esters is 1. The number of halogens is 1. The Kier molecular flexibility index (Phi) is 10.7. The van der Waals surface area contributed by atoms with Gasteiger partial charge in [0.2, 0.25) is 0 Å². The topological polar surface area (TPSA) is 172 Å². The summed E-state index contributed by atoms with van der Waals surface area (Å²) in [6.07, 6.45) is 7.05. The third-order valence-electron chi connectivity index (χ3n) is 7.14. The Balaban J connectivity index is 1.56. The molecule has 0 aliphatic heterocycles. The van der Waals surface area contributed by atoms with E-state index in [1.807, 2.05) is 6.92 Å². The van der Waals surface area contributed by atoms with Crippen LogP contribution in [0.3, 0.4) is 0 Å². The molecule has 13 nitrogen and oxygen atoms in total. The van der Waals surface area contributed by atoms with Gasteiger partial charge in [0.25, 0.3) is 11.5 Å². The Hall–Kier alpha value is -5.23. The number of benzene rings is 2. The second kappa shape index (κ2) is 14.5. The highest BCUT2D eigenvalue weighted by molar-refractivity contribution is 7.99. The molecule has 0 aliphatic carbocycles. The Bertz CT molecular complexity index is 1910. The van der Waals surface area contributed by atoms with Gasteiger partial charge in [-0.3, -0.25) is 19.0 Å². The van der Waals surface area contributed by atoms with Gasteiger partial charge >= 0.3 is 11.9 Å². The number of aromatic amines is 1. The lowest BCUT2D eigenvalue weighted by molar-refractivity contribution is -0.157. The molecule has 0 saturated carbocycles. The lowest BCUT2D eigenvalue weighted by Crippen LogP contribution is -2.42. The molecule has 1 atom stereocenters. The van der Waals surface area contributed by atoms with Crippen LogP contribution in [0.2, 0.25) is 0 Å². The molecule has 2 aromatic carbocycles. The van der Waals surface area contributed by atoms with Gasteiger partial charge in [-0.1, -0.05) is 5.92 Å². The molecule has 0 radical (unpaired) electrons. The summed E-state index contributed by atoms with van der Waals surface area (Å²) in [5.41, 5.74) is 0.875. The Labute approximate surface area is 273 Å². The maximum atomic E-state index is 15.3. The molecule has 0 aliphatic rings. The van der Waals surface area contributed by atoms with Gasteiger partial charge in [0.15, 0.2) is 6.73 Å². The number of aryl methyl sites for hydroxylation is 2. The van der Waals surface area contributed by atoms with Crippen LogP contribution < -0.4 is 15.8 Å². The summed E-state index contributed by atoms with van der Waals surface area (Å²) < 4.78 is 22.0. The van der Waals surface area contributed by atoms with Crippen LogP contribution in [0.25, 0.3) is 10.9 Å². The molecule has 0 spiro atoms. The fraction of sp³-hybridized carbons (Fsp3) is 0.344. The second-order valence-electron chi connectivity index (χ2n) is 11.7. The number of terminal acetylenes is 1. The normalized spacial score (nSPS) is 11.9. The number of aliphatic carboxylic acids is 1. The van der Waals surface area contributed by atoms with Crippen LogP contribution in [0.15, 0.2) is 46.3 Å². The van der Waals surface area contributed by atoms with Gasteiger partial charge in [0.1, 0.15) is 22.7 Å². The van der Waals surface area contributed by atoms with Gasteiger partial charge < -0.3 is 20.1 Å². The van der Waals surface area contributed by atoms with Gasteiger partial charge in [0.05, 0.1) is 34.6 Å². The van der Waals surface area contributed by atoms with E-state index in [1.54, 1.807) is 44.7 Å². The van der Waals surface area contributed by atoms with E-state index in [9.17, 15) is 24.3 Å². The Morgan fingerprint density at radius 3 is 2.60 bits per heavy atom. The van der Waals surface area contributed by atoms with Crippen molar-refractivity contribution in [3.05, 3.63) is 75.2 Å². The number of H-pyrrole nitrogens is 1. The third kappa shape index (κ3) is 8.33. The number of carbonyl (C=O) groups is 3.